The Balaban J connectivity index is 3.81. The number of carbonyl (C=O) groups excluding carboxylic acids is 1. The van der Waals surface area contributed by atoms with Crippen LogP contribution in [0.5, 0.6) is 0 Å². The third kappa shape index (κ3) is 8.14. The molecule has 0 radical (unpaired) electrons. The van der Waals surface area contributed by atoms with Crippen molar-refractivity contribution in [3.63, 3.8) is 0 Å². The highest BCUT2D eigenvalue weighted by Crippen LogP contribution is 1.95. The summed E-state index contributed by atoms with van der Waals surface area (Å²) in [4.78, 5) is 17.3. The molecule has 0 saturated carbocycles. The van der Waals surface area contributed by atoms with E-state index in [1.165, 1.54) is 0 Å². The van der Waals surface area contributed by atoms with Gasteiger partial charge >= 0.3 is 5.97 Å². The lowest BCUT2D eigenvalue weighted by atomic mass is 10.3. The van der Waals surface area contributed by atoms with Crippen LogP contribution in [0.4, 0.5) is 0 Å². The maximum atomic E-state index is 11.0. The van der Waals surface area contributed by atoms with Crippen LogP contribution in [0.2, 0.25) is 0 Å². The molecule has 7 heteroatoms. The highest BCUT2D eigenvalue weighted by Gasteiger charge is 2.08. The molecule has 0 aromatic rings. The zero-order chi connectivity index (χ0) is 12.2. The first kappa shape index (κ1) is 14.8. The van der Waals surface area contributed by atoms with Gasteiger partial charge in [-0.05, 0) is 0 Å². The van der Waals surface area contributed by atoms with Crippen molar-refractivity contribution >= 4 is 5.97 Å². The molecule has 0 spiro atoms. The number of nitrogens with two attached hydrogens (primary N) is 1. The van der Waals surface area contributed by atoms with Gasteiger partial charge in [0.15, 0.2) is 0 Å². The van der Waals surface area contributed by atoms with Crippen LogP contribution in [0, 0.1) is 11.3 Å². The van der Waals surface area contributed by atoms with Gasteiger partial charge in [0.1, 0.15) is 0 Å². The summed E-state index contributed by atoms with van der Waals surface area (Å²) >= 11 is 0. The normalized spacial score (nSPS) is 10.1. The first-order valence-electron chi connectivity index (χ1n) is 4.98. The van der Waals surface area contributed by atoms with E-state index in [1.54, 1.807) is 7.11 Å². The summed E-state index contributed by atoms with van der Waals surface area (Å²) in [5.74, 6) is 4.40. The number of nitriles is 1. The highest BCUT2D eigenvalue weighted by molar-refractivity contribution is 5.69. The molecule has 92 valence electrons. The van der Waals surface area contributed by atoms with E-state index in [9.17, 15) is 4.79 Å². The smallest absolute Gasteiger partial charge is 0.327 e. The van der Waals surface area contributed by atoms with Crippen LogP contribution in [-0.4, -0.2) is 44.2 Å². The first-order valence-corrected chi connectivity index (χ1v) is 4.98. The Hall–Kier alpha value is -1.20. The molecule has 0 atom stereocenters. The molecule has 0 aliphatic heterocycles. The van der Waals surface area contributed by atoms with Crippen molar-refractivity contribution in [1.29, 1.82) is 5.26 Å². The third-order valence-corrected chi connectivity index (χ3v) is 1.96. The molecule has 0 rings (SSSR count). The van der Waals surface area contributed by atoms with E-state index < -0.39 is 5.97 Å². The van der Waals surface area contributed by atoms with Crippen molar-refractivity contribution in [3.05, 3.63) is 0 Å². The van der Waals surface area contributed by atoms with Crippen molar-refractivity contribution in [2.24, 2.45) is 5.84 Å². The Bertz CT molecular complexity index is 229. The number of hydrogen-bond acceptors (Lipinski definition) is 7. The number of hydrazine groups is 1. The van der Waals surface area contributed by atoms with Crippen LogP contribution in [-0.2, 0) is 14.4 Å². The fraction of sp³-hybridized carbons (Fsp3) is 0.778. The van der Waals surface area contributed by atoms with Crippen LogP contribution in [0.1, 0.15) is 12.8 Å². The average molecular weight is 230 g/mol. The van der Waals surface area contributed by atoms with Crippen LogP contribution < -0.4 is 11.4 Å². The van der Waals surface area contributed by atoms with E-state index >= 15 is 0 Å². The highest BCUT2D eigenvalue weighted by atomic mass is 16.7. The van der Waals surface area contributed by atoms with Gasteiger partial charge in [-0.1, -0.05) is 5.59 Å². The fourth-order valence-electron chi connectivity index (χ4n) is 1.13. The lowest BCUT2D eigenvalue weighted by Crippen LogP contribution is -2.33. The molecule has 0 unspecified atom stereocenters. The molecule has 0 aliphatic rings. The number of carbonyl (C=O) groups is 1. The SMILES string of the molecule is COCCN(CCC#N)CCC(=O)ONN. The lowest BCUT2D eigenvalue weighted by molar-refractivity contribution is -0.151. The fourth-order valence-corrected chi connectivity index (χ4v) is 1.13. The number of hydrogen-bond donors (Lipinski definition) is 2. The number of nitrogens with one attached hydrogen (secondary N) is 1. The molecule has 0 bridgehead atoms. The zero-order valence-electron chi connectivity index (χ0n) is 9.44. The predicted octanol–water partition coefficient (Wildman–Crippen LogP) is -0.840. The monoisotopic (exact) mass is 230 g/mol. The molecule has 0 aromatic heterocycles. The van der Waals surface area contributed by atoms with E-state index in [0.29, 0.717) is 32.7 Å². The molecule has 0 amide bonds. The number of ether oxygens (including phenoxy) is 1. The molecule has 0 fully saturated rings. The van der Waals surface area contributed by atoms with Crippen molar-refractivity contribution in [1.82, 2.24) is 10.5 Å². The molecule has 3 N–H and O–H groups in total. The standard InChI is InChI=1S/C9H18N4O3/c1-15-8-7-13(5-2-4-10)6-3-9(14)16-12-11/h12H,2-3,5-8,11H2,1H3. The average Bonchev–Trinajstić information content (AvgIpc) is 2.28. The van der Waals surface area contributed by atoms with Crippen molar-refractivity contribution in [2.75, 3.05) is 33.4 Å². The molecule has 0 aliphatic carbocycles. The van der Waals surface area contributed by atoms with E-state index in [1.807, 2.05) is 10.5 Å². The van der Waals surface area contributed by atoms with Crippen LogP contribution >= 0.6 is 0 Å². The van der Waals surface area contributed by atoms with Gasteiger partial charge < -0.3 is 9.57 Å². The maximum absolute atomic E-state index is 11.0. The topological polar surface area (TPSA) is 101 Å². The second kappa shape index (κ2) is 10.3. The van der Waals surface area contributed by atoms with Gasteiger partial charge in [0.05, 0.1) is 19.1 Å². The quantitative estimate of drug-likeness (QED) is 0.393. The van der Waals surface area contributed by atoms with Gasteiger partial charge in [-0.3, -0.25) is 9.69 Å². The molecular weight excluding hydrogens is 212 g/mol. The summed E-state index contributed by atoms with van der Waals surface area (Å²) in [6.07, 6.45) is 0.646. The minimum atomic E-state index is -0.429. The summed E-state index contributed by atoms with van der Waals surface area (Å²) in [5, 5.41) is 8.48. The molecule has 0 heterocycles. The van der Waals surface area contributed by atoms with E-state index in [4.69, 9.17) is 15.8 Å². The van der Waals surface area contributed by atoms with E-state index in [0.717, 1.165) is 0 Å². The second-order valence-electron chi connectivity index (χ2n) is 3.08. The van der Waals surface area contributed by atoms with Crippen molar-refractivity contribution < 1.29 is 14.4 Å². The van der Waals surface area contributed by atoms with Gasteiger partial charge in [0.2, 0.25) is 0 Å². The summed E-state index contributed by atoms with van der Waals surface area (Å²) in [6.45, 7) is 2.38. The Morgan fingerprint density at radius 1 is 1.50 bits per heavy atom. The molecule has 16 heavy (non-hydrogen) atoms. The van der Waals surface area contributed by atoms with Crippen LogP contribution in [0.3, 0.4) is 0 Å². The van der Waals surface area contributed by atoms with Crippen LogP contribution in [0.25, 0.3) is 0 Å². The minimum absolute atomic E-state index is 0.222. The molecule has 7 nitrogen and oxygen atoms in total. The number of methoxy groups -OCH3 is 1. The molecule has 0 aromatic carbocycles. The summed E-state index contributed by atoms with van der Waals surface area (Å²) < 4.78 is 4.93. The van der Waals surface area contributed by atoms with E-state index in [-0.39, 0.29) is 6.42 Å². The van der Waals surface area contributed by atoms with Gasteiger partial charge in [0.25, 0.3) is 0 Å². The maximum Gasteiger partial charge on any atom is 0.327 e. The van der Waals surface area contributed by atoms with Gasteiger partial charge in [-0.15, -0.1) is 0 Å². The first-order chi connectivity index (χ1) is 7.74. The number of nitrogens with zero attached hydrogens (tertiary/aromatic N) is 2. The van der Waals surface area contributed by atoms with Gasteiger partial charge in [0, 0.05) is 33.2 Å². The van der Waals surface area contributed by atoms with Gasteiger partial charge in [-0.25, -0.2) is 5.84 Å². The molecular formula is C9H18N4O3. The van der Waals surface area contributed by atoms with Crippen molar-refractivity contribution in [2.45, 2.75) is 12.8 Å². The molecule has 0 saturated heterocycles. The van der Waals surface area contributed by atoms with Crippen LogP contribution in [0.15, 0.2) is 0 Å². The van der Waals surface area contributed by atoms with E-state index in [2.05, 4.69) is 10.9 Å². The van der Waals surface area contributed by atoms with Crippen molar-refractivity contribution in [3.8, 4) is 6.07 Å². The Morgan fingerprint density at radius 3 is 2.81 bits per heavy atom. The Labute approximate surface area is 95.0 Å². The largest absolute Gasteiger partial charge is 0.383 e. The minimum Gasteiger partial charge on any atom is -0.383 e. The Kier molecular flexibility index (Phi) is 9.55. The number of rotatable bonds is 9. The summed E-state index contributed by atoms with van der Waals surface area (Å²) in [6, 6.07) is 2.06. The summed E-state index contributed by atoms with van der Waals surface area (Å²) in [7, 11) is 1.61. The second-order valence-corrected chi connectivity index (χ2v) is 3.08. The predicted molar refractivity (Wildman–Crippen MR) is 56.6 cm³/mol. The lowest BCUT2D eigenvalue weighted by Gasteiger charge is -2.19. The summed E-state index contributed by atoms with van der Waals surface area (Å²) in [5.41, 5.74) is 1.83. The third-order valence-electron chi connectivity index (χ3n) is 1.96. The van der Waals surface area contributed by atoms with Gasteiger partial charge in [-0.2, -0.15) is 5.26 Å². The Morgan fingerprint density at radius 2 is 2.25 bits per heavy atom. The zero-order valence-corrected chi connectivity index (χ0v) is 9.44.